The van der Waals surface area contributed by atoms with Gasteiger partial charge in [0, 0.05) is 11.1 Å². The SMILES string of the molecule is Cc1ccc2c(Br)c(OC(C)C(N)=O)ccc2n1. The molecule has 18 heavy (non-hydrogen) atoms. The number of carbonyl (C=O) groups is 1. The zero-order chi connectivity index (χ0) is 13.3. The summed E-state index contributed by atoms with van der Waals surface area (Å²) in [6.07, 6.45) is -0.669. The van der Waals surface area contributed by atoms with Crippen molar-refractivity contribution in [2.75, 3.05) is 0 Å². The molecular formula is C13H13BrN2O2. The Hall–Kier alpha value is -1.62. The summed E-state index contributed by atoms with van der Waals surface area (Å²) in [7, 11) is 0. The van der Waals surface area contributed by atoms with Crippen LogP contribution in [0.15, 0.2) is 28.7 Å². The maximum atomic E-state index is 11.0. The number of carbonyl (C=O) groups excluding carboxylic acids is 1. The molecule has 2 aromatic rings. The minimum atomic E-state index is -0.669. The quantitative estimate of drug-likeness (QED) is 0.947. The van der Waals surface area contributed by atoms with Crippen LogP contribution < -0.4 is 10.5 Å². The average molecular weight is 309 g/mol. The number of rotatable bonds is 3. The van der Waals surface area contributed by atoms with Crippen LogP contribution in [0.3, 0.4) is 0 Å². The van der Waals surface area contributed by atoms with Gasteiger partial charge in [-0.25, -0.2) is 0 Å². The molecule has 0 saturated carbocycles. The number of primary amides is 1. The molecule has 0 radical (unpaired) electrons. The summed E-state index contributed by atoms with van der Waals surface area (Å²) in [4.78, 5) is 15.4. The predicted octanol–water partition coefficient (Wildman–Crippen LogP) is 2.56. The first-order valence-electron chi connectivity index (χ1n) is 5.51. The predicted molar refractivity (Wildman–Crippen MR) is 73.5 cm³/mol. The summed E-state index contributed by atoms with van der Waals surface area (Å²) >= 11 is 3.47. The molecule has 2 N–H and O–H groups in total. The van der Waals surface area contributed by atoms with Crippen LogP contribution in [0.2, 0.25) is 0 Å². The molecule has 0 spiro atoms. The van der Waals surface area contributed by atoms with Gasteiger partial charge in [0.2, 0.25) is 0 Å². The van der Waals surface area contributed by atoms with Gasteiger partial charge in [0.1, 0.15) is 5.75 Å². The van der Waals surface area contributed by atoms with Crippen molar-refractivity contribution in [3.05, 3.63) is 34.4 Å². The van der Waals surface area contributed by atoms with Crippen LogP contribution >= 0.6 is 15.9 Å². The Morgan fingerprint density at radius 1 is 1.39 bits per heavy atom. The van der Waals surface area contributed by atoms with E-state index in [0.717, 1.165) is 21.1 Å². The van der Waals surface area contributed by atoms with Crippen molar-refractivity contribution < 1.29 is 9.53 Å². The number of aryl methyl sites for hydroxylation is 1. The first kappa shape index (κ1) is 12.8. The third kappa shape index (κ3) is 2.46. The number of hydrogen-bond acceptors (Lipinski definition) is 3. The van der Waals surface area contributed by atoms with Crippen molar-refractivity contribution in [1.29, 1.82) is 0 Å². The standard InChI is InChI=1S/C13H13BrN2O2/c1-7-3-4-9-10(16-7)5-6-11(12(9)14)18-8(2)13(15)17/h3-6,8H,1-2H3,(H2,15,17). The number of aromatic nitrogens is 1. The van der Waals surface area contributed by atoms with E-state index < -0.39 is 12.0 Å². The summed E-state index contributed by atoms with van der Waals surface area (Å²) in [5, 5.41) is 0.940. The van der Waals surface area contributed by atoms with Crippen molar-refractivity contribution in [2.45, 2.75) is 20.0 Å². The molecule has 0 bridgehead atoms. The van der Waals surface area contributed by atoms with E-state index in [4.69, 9.17) is 10.5 Å². The molecule has 1 unspecified atom stereocenters. The molecule has 1 heterocycles. The Kier molecular flexibility index (Phi) is 3.52. The molecule has 2 rings (SSSR count). The number of benzene rings is 1. The zero-order valence-electron chi connectivity index (χ0n) is 10.1. The van der Waals surface area contributed by atoms with Crippen LogP contribution in [0.5, 0.6) is 5.75 Å². The van der Waals surface area contributed by atoms with Gasteiger partial charge in [0.05, 0.1) is 9.99 Å². The van der Waals surface area contributed by atoms with E-state index in [1.54, 1.807) is 13.0 Å². The summed E-state index contributed by atoms with van der Waals surface area (Å²) in [5.41, 5.74) is 7.00. The first-order chi connectivity index (χ1) is 8.49. The fourth-order valence-electron chi connectivity index (χ4n) is 1.59. The molecular weight excluding hydrogens is 296 g/mol. The summed E-state index contributed by atoms with van der Waals surface area (Å²) in [6.45, 7) is 3.55. The minimum Gasteiger partial charge on any atom is -0.480 e. The highest BCUT2D eigenvalue weighted by Crippen LogP contribution is 2.33. The number of amides is 1. The fourth-order valence-corrected chi connectivity index (χ4v) is 2.15. The number of hydrogen-bond donors (Lipinski definition) is 1. The van der Waals surface area contributed by atoms with Gasteiger partial charge in [-0.05, 0) is 54.0 Å². The van der Waals surface area contributed by atoms with Gasteiger partial charge in [0.15, 0.2) is 6.10 Å². The molecule has 0 saturated heterocycles. The van der Waals surface area contributed by atoms with E-state index in [1.165, 1.54) is 0 Å². The number of nitrogens with two attached hydrogens (primary N) is 1. The lowest BCUT2D eigenvalue weighted by Crippen LogP contribution is -2.30. The summed E-state index contributed by atoms with van der Waals surface area (Å²) in [6, 6.07) is 7.52. The lowest BCUT2D eigenvalue weighted by atomic mass is 10.2. The van der Waals surface area contributed by atoms with E-state index in [2.05, 4.69) is 20.9 Å². The summed E-state index contributed by atoms with van der Waals surface area (Å²) in [5.74, 6) is 0.0866. The Bertz CT molecular complexity index is 613. The van der Waals surface area contributed by atoms with Gasteiger partial charge in [-0.2, -0.15) is 0 Å². The number of ether oxygens (including phenoxy) is 1. The molecule has 1 aromatic heterocycles. The monoisotopic (exact) mass is 308 g/mol. The normalized spacial score (nSPS) is 12.4. The van der Waals surface area contributed by atoms with Crippen molar-refractivity contribution in [3.63, 3.8) is 0 Å². The smallest absolute Gasteiger partial charge is 0.258 e. The molecule has 5 heteroatoms. The molecule has 1 amide bonds. The van der Waals surface area contributed by atoms with Crippen LogP contribution in [0.25, 0.3) is 10.9 Å². The topological polar surface area (TPSA) is 65.2 Å². The molecule has 0 aliphatic carbocycles. The van der Waals surface area contributed by atoms with Crippen LogP contribution in [-0.2, 0) is 4.79 Å². The molecule has 0 fully saturated rings. The van der Waals surface area contributed by atoms with Crippen molar-refractivity contribution in [3.8, 4) is 5.75 Å². The number of fused-ring (bicyclic) bond motifs is 1. The highest BCUT2D eigenvalue weighted by atomic mass is 79.9. The Balaban J connectivity index is 2.45. The fraction of sp³-hybridized carbons (Fsp3) is 0.231. The second kappa shape index (κ2) is 4.94. The zero-order valence-corrected chi connectivity index (χ0v) is 11.7. The average Bonchev–Trinajstić information content (AvgIpc) is 2.32. The number of pyridine rings is 1. The van der Waals surface area contributed by atoms with Crippen LogP contribution in [0.1, 0.15) is 12.6 Å². The van der Waals surface area contributed by atoms with E-state index in [0.29, 0.717) is 5.75 Å². The first-order valence-corrected chi connectivity index (χ1v) is 6.30. The minimum absolute atomic E-state index is 0.496. The van der Waals surface area contributed by atoms with Gasteiger partial charge in [-0.1, -0.05) is 0 Å². The summed E-state index contributed by atoms with van der Waals surface area (Å²) < 4.78 is 6.27. The third-order valence-electron chi connectivity index (χ3n) is 2.61. The van der Waals surface area contributed by atoms with Crippen molar-refractivity contribution in [2.24, 2.45) is 5.73 Å². The Morgan fingerprint density at radius 2 is 2.11 bits per heavy atom. The van der Waals surface area contributed by atoms with Crippen LogP contribution in [0, 0.1) is 6.92 Å². The maximum Gasteiger partial charge on any atom is 0.258 e. The van der Waals surface area contributed by atoms with Crippen molar-refractivity contribution in [1.82, 2.24) is 4.98 Å². The highest BCUT2D eigenvalue weighted by Gasteiger charge is 2.14. The van der Waals surface area contributed by atoms with Gasteiger partial charge in [-0.15, -0.1) is 0 Å². The van der Waals surface area contributed by atoms with Gasteiger partial charge < -0.3 is 10.5 Å². The largest absolute Gasteiger partial charge is 0.480 e. The Morgan fingerprint density at radius 3 is 2.78 bits per heavy atom. The molecule has 1 aromatic carbocycles. The molecule has 0 aliphatic rings. The lowest BCUT2D eigenvalue weighted by Gasteiger charge is -2.14. The molecule has 1 atom stereocenters. The maximum absolute atomic E-state index is 11.0. The van der Waals surface area contributed by atoms with Crippen LogP contribution in [0.4, 0.5) is 0 Å². The molecule has 0 aliphatic heterocycles. The number of halogens is 1. The molecule has 94 valence electrons. The molecule has 4 nitrogen and oxygen atoms in total. The number of nitrogens with zero attached hydrogens (tertiary/aromatic N) is 1. The van der Waals surface area contributed by atoms with E-state index >= 15 is 0 Å². The van der Waals surface area contributed by atoms with E-state index in [1.807, 2.05) is 25.1 Å². The third-order valence-corrected chi connectivity index (χ3v) is 3.43. The van der Waals surface area contributed by atoms with E-state index in [9.17, 15) is 4.79 Å². The van der Waals surface area contributed by atoms with Gasteiger partial charge in [0.25, 0.3) is 5.91 Å². The van der Waals surface area contributed by atoms with Gasteiger partial charge in [-0.3, -0.25) is 9.78 Å². The second-order valence-corrected chi connectivity index (χ2v) is 4.85. The van der Waals surface area contributed by atoms with Crippen molar-refractivity contribution >= 4 is 32.7 Å². The Labute approximate surface area is 113 Å². The lowest BCUT2D eigenvalue weighted by molar-refractivity contribution is -0.123. The van der Waals surface area contributed by atoms with Crippen LogP contribution in [-0.4, -0.2) is 17.0 Å². The van der Waals surface area contributed by atoms with E-state index in [-0.39, 0.29) is 0 Å². The second-order valence-electron chi connectivity index (χ2n) is 4.06. The highest BCUT2D eigenvalue weighted by molar-refractivity contribution is 9.10. The van der Waals surface area contributed by atoms with Gasteiger partial charge >= 0.3 is 0 Å².